The molecule has 0 aliphatic carbocycles. The van der Waals surface area contributed by atoms with E-state index in [4.69, 9.17) is 33.5 Å². The molecule has 216 valence electrons. The summed E-state index contributed by atoms with van der Waals surface area (Å²) in [5.74, 6) is 7.80. The molecular weight excluding hydrogens is 526 g/mol. The van der Waals surface area contributed by atoms with Crippen molar-refractivity contribution >= 4 is 6.09 Å². The Kier molecular flexibility index (Phi) is 11.4. The molecule has 3 rings (SSSR count). The zero-order chi connectivity index (χ0) is 30.6. The van der Waals surface area contributed by atoms with Gasteiger partial charge in [0.25, 0.3) is 0 Å². The van der Waals surface area contributed by atoms with Crippen LogP contribution in [0.4, 0.5) is 4.79 Å². The highest BCUT2D eigenvalue weighted by Gasteiger charge is 2.47. The van der Waals surface area contributed by atoms with Crippen LogP contribution in [0.3, 0.4) is 0 Å². The molecule has 0 spiro atoms. The highest BCUT2D eigenvalue weighted by molar-refractivity contribution is 5.67. The molecule has 0 aliphatic heterocycles. The minimum Gasteiger partial charge on any atom is -0.465 e. The number of terminal acetylenes is 3. The van der Waals surface area contributed by atoms with Gasteiger partial charge in [0.2, 0.25) is 0 Å². The topological polar surface area (TPSA) is 68.2 Å². The van der Waals surface area contributed by atoms with Crippen molar-refractivity contribution in [2.75, 3.05) is 19.8 Å². The molecule has 0 bridgehead atoms. The van der Waals surface area contributed by atoms with E-state index in [1.54, 1.807) is 0 Å². The Balaban J connectivity index is 1.87. The molecule has 0 radical (unpaired) electrons. The molecule has 6 nitrogen and oxygen atoms in total. The van der Waals surface area contributed by atoms with Gasteiger partial charge in [-0.3, -0.25) is 4.90 Å². The highest BCUT2D eigenvalue weighted by Crippen LogP contribution is 2.29. The van der Waals surface area contributed by atoms with Crippen LogP contribution in [-0.4, -0.2) is 47.0 Å². The molecule has 3 aromatic carbocycles. The van der Waals surface area contributed by atoms with Crippen LogP contribution in [0.15, 0.2) is 72.8 Å². The van der Waals surface area contributed by atoms with Gasteiger partial charge < -0.3 is 19.3 Å². The van der Waals surface area contributed by atoms with Gasteiger partial charge in [-0.25, -0.2) is 4.79 Å². The molecule has 0 aliphatic rings. The number of nitrogens with zero attached hydrogens (tertiary/aromatic N) is 1. The lowest BCUT2D eigenvalue weighted by molar-refractivity contribution is -0.120. The molecule has 0 saturated carbocycles. The lowest BCUT2D eigenvalue weighted by Crippen LogP contribution is -2.66. The normalized spacial score (nSPS) is 11.2. The van der Waals surface area contributed by atoms with Crippen LogP contribution >= 0.6 is 0 Å². The second-order valence-corrected chi connectivity index (χ2v) is 11.0. The van der Waals surface area contributed by atoms with Gasteiger partial charge in [0.05, 0.1) is 39.6 Å². The summed E-state index contributed by atoms with van der Waals surface area (Å²) in [4.78, 5) is 14.2. The summed E-state index contributed by atoms with van der Waals surface area (Å²) in [5, 5.41) is 10.5. The summed E-state index contributed by atoms with van der Waals surface area (Å²) in [6, 6.07) is 22.4. The molecule has 0 saturated heterocycles. The monoisotopic (exact) mass is 563 g/mol. The minimum absolute atomic E-state index is 0.0273. The van der Waals surface area contributed by atoms with Crippen LogP contribution in [0.5, 0.6) is 0 Å². The number of hydrogen-bond donors (Lipinski definition) is 1. The van der Waals surface area contributed by atoms with Crippen LogP contribution in [0, 0.1) is 37.0 Å². The molecule has 0 fully saturated rings. The Morgan fingerprint density at radius 2 is 0.929 bits per heavy atom. The fourth-order valence-corrected chi connectivity index (χ4v) is 4.69. The lowest BCUT2D eigenvalue weighted by atomic mass is 9.93. The van der Waals surface area contributed by atoms with Crippen molar-refractivity contribution in [2.24, 2.45) is 0 Å². The standard InChI is InChI=1S/C36H37NO5/c1-7-28-10-16-31(17-11-28)22-40-25-36(37(34(38)39)35(4,5)6,26-41-23-32-18-12-29(8-2)13-19-32)27-42-24-33-20-14-30(9-3)15-21-33/h1-3,10-21H,22-27H2,4-6H3,(H,38,39). The SMILES string of the molecule is C#Cc1ccc(COCC(COCc2ccc(C#C)cc2)(COCc2ccc(C#C)cc2)N(C(=O)O)C(C)(C)C)cc1. The lowest BCUT2D eigenvalue weighted by Gasteiger charge is -2.48. The Bertz CT molecular complexity index is 1280. The first kappa shape index (κ1) is 32.0. The molecule has 0 atom stereocenters. The van der Waals surface area contributed by atoms with Crippen LogP contribution in [0.25, 0.3) is 0 Å². The third-order valence-corrected chi connectivity index (χ3v) is 6.62. The van der Waals surface area contributed by atoms with Crippen molar-refractivity contribution in [3.8, 4) is 37.0 Å². The van der Waals surface area contributed by atoms with Gasteiger partial charge in [-0.1, -0.05) is 54.2 Å². The van der Waals surface area contributed by atoms with Crippen LogP contribution in [0.2, 0.25) is 0 Å². The molecule has 1 N–H and O–H groups in total. The van der Waals surface area contributed by atoms with Gasteiger partial charge in [-0.15, -0.1) is 19.3 Å². The Morgan fingerprint density at radius 1 is 0.643 bits per heavy atom. The summed E-state index contributed by atoms with van der Waals surface area (Å²) in [7, 11) is 0. The molecule has 3 aromatic rings. The molecule has 6 heteroatoms. The molecule has 0 heterocycles. The maximum Gasteiger partial charge on any atom is 0.408 e. The molecule has 0 aromatic heterocycles. The fourth-order valence-electron chi connectivity index (χ4n) is 4.69. The summed E-state index contributed by atoms with van der Waals surface area (Å²) >= 11 is 0. The molecule has 42 heavy (non-hydrogen) atoms. The number of carbonyl (C=O) groups is 1. The van der Waals surface area contributed by atoms with E-state index in [0.29, 0.717) is 0 Å². The third kappa shape index (κ3) is 9.00. The van der Waals surface area contributed by atoms with Crippen LogP contribution in [-0.2, 0) is 34.0 Å². The fraction of sp³-hybridized carbons (Fsp3) is 0.306. The predicted octanol–water partition coefficient (Wildman–Crippen LogP) is 6.10. The van der Waals surface area contributed by atoms with Crippen molar-refractivity contribution in [1.29, 1.82) is 0 Å². The smallest absolute Gasteiger partial charge is 0.408 e. The summed E-state index contributed by atoms with van der Waals surface area (Å²) in [5.41, 5.74) is 3.05. The average molecular weight is 564 g/mol. The van der Waals surface area contributed by atoms with E-state index in [0.717, 1.165) is 33.4 Å². The number of hydrogen-bond acceptors (Lipinski definition) is 4. The van der Waals surface area contributed by atoms with Gasteiger partial charge in [0, 0.05) is 22.2 Å². The second kappa shape index (κ2) is 14.9. The maximum absolute atomic E-state index is 12.8. The van der Waals surface area contributed by atoms with Gasteiger partial charge in [-0.05, 0) is 73.9 Å². The summed E-state index contributed by atoms with van der Waals surface area (Å²) < 4.78 is 18.6. The first-order valence-electron chi connectivity index (χ1n) is 13.5. The van der Waals surface area contributed by atoms with Gasteiger partial charge >= 0.3 is 6.09 Å². The number of benzene rings is 3. The van der Waals surface area contributed by atoms with Crippen molar-refractivity contribution in [1.82, 2.24) is 4.90 Å². The van der Waals surface area contributed by atoms with Crippen molar-refractivity contribution in [3.63, 3.8) is 0 Å². The Hall–Kier alpha value is -4.51. The molecular formula is C36H37NO5. The first-order chi connectivity index (χ1) is 20.1. The Labute approximate surface area is 249 Å². The van der Waals surface area contributed by atoms with Gasteiger partial charge in [-0.2, -0.15) is 0 Å². The van der Waals surface area contributed by atoms with E-state index < -0.39 is 17.2 Å². The van der Waals surface area contributed by atoms with E-state index >= 15 is 0 Å². The third-order valence-electron chi connectivity index (χ3n) is 6.62. The van der Waals surface area contributed by atoms with Crippen molar-refractivity contribution in [3.05, 3.63) is 106 Å². The zero-order valence-corrected chi connectivity index (χ0v) is 24.4. The summed E-state index contributed by atoms with van der Waals surface area (Å²) in [6.07, 6.45) is 15.3. The maximum atomic E-state index is 12.8. The number of ether oxygens (including phenoxy) is 3. The first-order valence-corrected chi connectivity index (χ1v) is 13.5. The second-order valence-electron chi connectivity index (χ2n) is 11.0. The minimum atomic E-state index is -1.18. The van der Waals surface area contributed by atoms with Crippen molar-refractivity contribution < 1.29 is 24.1 Å². The number of rotatable bonds is 13. The van der Waals surface area contributed by atoms with Gasteiger partial charge in [0.15, 0.2) is 0 Å². The molecule has 0 unspecified atom stereocenters. The highest BCUT2D eigenvalue weighted by atomic mass is 16.5. The van der Waals surface area contributed by atoms with E-state index in [-0.39, 0.29) is 39.6 Å². The number of amides is 1. The van der Waals surface area contributed by atoms with E-state index in [1.165, 1.54) is 4.90 Å². The quantitative estimate of drug-likeness (QED) is 0.255. The van der Waals surface area contributed by atoms with E-state index in [2.05, 4.69) is 17.8 Å². The largest absolute Gasteiger partial charge is 0.465 e. The average Bonchev–Trinajstić information content (AvgIpc) is 2.97. The molecule has 1 amide bonds. The van der Waals surface area contributed by atoms with Crippen LogP contribution in [0.1, 0.15) is 54.2 Å². The van der Waals surface area contributed by atoms with Gasteiger partial charge in [0.1, 0.15) is 5.54 Å². The number of carboxylic acid groups (broad SMARTS) is 1. The zero-order valence-electron chi connectivity index (χ0n) is 24.4. The Morgan fingerprint density at radius 3 is 1.14 bits per heavy atom. The van der Waals surface area contributed by atoms with Crippen LogP contribution < -0.4 is 0 Å². The van der Waals surface area contributed by atoms with Crippen molar-refractivity contribution in [2.45, 2.75) is 51.7 Å². The van der Waals surface area contributed by atoms with E-state index in [1.807, 2.05) is 93.6 Å². The summed E-state index contributed by atoms with van der Waals surface area (Å²) in [6.45, 7) is 6.36. The van der Waals surface area contributed by atoms with E-state index in [9.17, 15) is 9.90 Å². The predicted molar refractivity (Wildman–Crippen MR) is 164 cm³/mol.